The number of rotatable bonds is 5. The molecule has 1 amide bonds. The zero-order chi connectivity index (χ0) is 12.0. The molecule has 3 N–H and O–H groups in total. The Morgan fingerprint density at radius 3 is 2.88 bits per heavy atom. The van der Waals surface area contributed by atoms with E-state index in [4.69, 9.17) is 10.5 Å². The van der Waals surface area contributed by atoms with Gasteiger partial charge in [-0.1, -0.05) is 19.9 Å². The van der Waals surface area contributed by atoms with Gasteiger partial charge in [-0.05, 0) is 18.1 Å². The molecule has 0 fully saturated rings. The van der Waals surface area contributed by atoms with E-state index in [0.29, 0.717) is 18.2 Å². The minimum Gasteiger partial charge on any atom is -0.493 e. The van der Waals surface area contributed by atoms with Gasteiger partial charge in [0, 0.05) is 11.8 Å². The lowest BCUT2D eigenvalue weighted by Gasteiger charge is -2.10. The number of benzene rings is 1. The number of hydrogen-bond acceptors (Lipinski definition) is 3. The first-order valence-corrected chi connectivity index (χ1v) is 5.34. The summed E-state index contributed by atoms with van der Waals surface area (Å²) in [4.78, 5) is 11.1. The van der Waals surface area contributed by atoms with Crippen LogP contribution >= 0.6 is 0 Å². The summed E-state index contributed by atoms with van der Waals surface area (Å²) >= 11 is 0. The first-order valence-electron chi connectivity index (χ1n) is 5.34. The third-order valence-corrected chi connectivity index (χ3v) is 1.89. The molecule has 88 valence electrons. The van der Waals surface area contributed by atoms with Crippen LogP contribution in [0.3, 0.4) is 0 Å². The first-order chi connectivity index (χ1) is 7.61. The van der Waals surface area contributed by atoms with Gasteiger partial charge in [0.1, 0.15) is 5.75 Å². The molecule has 4 nitrogen and oxygen atoms in total. The van der Waals surface area contributed by atoms with E-state index >= 15 is 0 Å². The SMILES string of the molecule is CC(C)COc1cccc(NC(=O)CN)c1. The molecule has 0 heterocycles. The molecular weight excluding hydrogens is 204 g/mol. The van der Waals surface area contributed by atoms with Crippen molar-refractivity contribution < 1.29 is 9.53 Å². The van der Waals surface area contributed by atoms with E-state index in [9.17, 15) is 4.79 Å². The van der Waals surface area contributed by atoms with Gasteiger partial charge in [0.15, 0.2) is 0 Å². The van der Waals surface area contributed by atoms with Gasteiger partial charge in [0.2, 0.25) is 5.91 Å². The largest absolute Gasteiger partial charge is 0.493 e. The first kappa shape index (κ1) is 12.5. The van der Waals surface area contributed by atoms with E-state index in [1.165, 1.54) is 0 Å². The van der Waals surface area contributed by atoms with Crippen LogP contribution in [0.2, 0.25) is 0 Å². The number of carbonyl (C=O) groups excluding carboxylic acids is 1. The summed E-state index contributed by atoms with van der Waals surface area (Å²) in [5.41, 5.74) is 5.92. The van der Waals surface area contributed by atoms with Crippen molar-refractivity contribution >= 4 is 11.6 Å². The van der Waals surface area contributed by atoms with Gasteiger partial charge in [0.05, 0.1) is 13.2 Å². The minimum absolute atomic E-state index is 0.0168. The smallest absolute Gasteiger partial charge is 0.238 e. The van der Waals surface area contributed by atoms with Crippen molar-refractivity contribution in [1.29, 1.82) is 0 Å². The average molecular weight is 222 g/mol. The number of carbonyl (C=O) groups is 1. The fourth-order valence-corrected chi connectivity index (χ4v) is 1.14. The van der Waals surface area contributed by atoms with Gasteiger partial charge < -0.3 is 15.8 Å². The lowest BCUT2D eigenvalue weighted by Crippen LogP contribution is -2.21. The van der Waals surface area contributed by atoms with E-state index in [-0.39, 0.29) is 12.5 Å². The van der Waals surface area contributed by atoms with Crippen LogP contribution in [0.5, 0.6) is 5.75 Å². The maximum Gasteiger partial charge on any atom is 0.238 e. The summed E-state index contributed by atoms with van der Waals surface area (Å²) in [6.07, 6.45) is 0. The summed E-state index contributed by atoms with van der Waals surface area (Å²) in [7, 11) is 0. The molecule has 0 bridgehead atoms. The summed E-state index contributed by atoms with van der Waals surface area (Å²) in [6, 6.07) is 7.29. The van der Waals surface area contributed by atoms with Crippen LogP contribution in [0.1, 0.15) is 13.8 Å². The topological polar surface area (TPSA) is 64.3 Å². The predicted octanol–water partition coefficient (Wildman–Crippen LogP) is 1.62. The summed E-state index contributed by atoms with van der Waals surface area (Å²) in [5, 5.41) is 2.68. The molecule has 0 aromatic heterocycles. The van der Waals surface area contributed by atoms with Gasteiger partial charge in [0.25, 0.3) is 0 Å². The van der Waals surface area contributed by atoms with Crippen LogP contribution < -0.4 is 15.8 Å². The molecule has 0 saturated carbocycles. The molecule has 4 heteroatoms. The highest BCUT2D eigenvalue weighted by atomic mass is 16.5. The van der Waals surface area contributed by atoms with Gasteiger partial charge >= 0.3 is 0 Å². The number of ether oxygens (including phenoxy) is 1. The van der Waals surface area contributed by atoms with Crippen molar-refractivity contribution in [2.75, 3.05) is 18.5 Å². The van der Waals surface area contributed by atoms with Gasteiger partial charge in [-0.25, -0.2) is 0 Å². The zero-order valence-corrected chi connectivity index (χ0v) is 9.69. The number of hydrogen-bond donors (Lipinski definition) is 2. The molecular formula is C12H18N2O2. The lowest BCUT2D eigenvalue weighted by atomic mass is 10.2. The average Bonchev–Trinajstić information content (AvgIpc) is 2.26. The van der Waals surface area contributed by atoms with Crippen molar-refractivity contribution in [1.82, 2.24) is 0 Å². The third kappa shape index (κ3) is 4.31. The van der Waals surface area contributed by atoms with Crippen LogP contribution in [-0.2, 0) is 4.79 Å². The maximum atomic E-state index is 11.1. The second-order valence-corrected chi connectivity index (χ2v) is 3.98. The highest BCUT2D eigenvalue weighted by Crippen LogP contribution is 2.17. The number of amides is 1. The normalized spacial score (nSPS) is 10.2. The van der Waals surface area contributed by atoms with Crippen LogP contribution in [0.25, 0.3) is 0 Å². The quantitative estimate of drug-likeness (QED) is 0.795. The molecule has 1 rings (SSSR count). The Morgan fingerprint density at radius 2 is 2.25 bits per heavy atom. The second-order valence-electron chi connectivity index (χ2n) is 3.98. The minimum atomic E-state index is -0.207. The molecule has 0 spiro atoms. The second kappa shape index (κ2) is 6.12. The van der Waals surface area contributed by atoms with Crippen molar-refractivity contribution in [2.45, 2.75) is 13.8 Å². The van der Waals surface area contributed by atoms with Crippen LogP contribution in [-0.4, -0.2) is 19.1 Å². The molecule has 16 heavy (non-hydrogen) atoms. The van der Waals surface area contributed by atoms with Gasteiger partial charge in [-0.3, -0.25) is 4.79 Å². The molecule has 0 unspecified atom stereocenters. The van der Waals surface area contributed by atoms with Gasteiger partial charge in [-0.15, -0.1) is 0 Å². The fourth-order valence-electron chi connectivity index (χ4n) is 1.14. The summed E-state index contributed by atoms with van der Waals surface area (Å²) in [5.74, 6) is 1.02. The third-order valence-electron chi connectivity index (χ3n) is 1.89. The van der Waals surface area contributed by atoms with E-state index in [1.54, 1.807) is 12.1 Å². The highest BCUT2D eigenvalue weighted by Gasteiger charge is 2.01. The van der Waals surface area contributed by atoms with E-state index in [1.807, 2.05) is 12.1 Å². The Morgan fingerprint density at radius 1 is 1.50 bits per heavy atom. The van der Waals surface area contributed by atoms with Crippen LogP contribution in [0.15, 0.2) is 24.3 Å². The Bertz CT molecular complexity index is 351. The predicted molar refractivity (Wildman–Crippen MR) is 64.5 cm³/mol. The Balaban J connectivity index is 2.60. The molecule has 1 aromatic rings. The monoisotopic (exact) mass is 222 g/mol. The zero-order valence-electron chi connectivity index (χ0n) is 9.69. The standard InChI is InChI=1S/C12H18N2O2/c1-9(2)8-16-11-5-3-4-10(6-11)14-12(15)7-13/h3-6,9H,7-8,13H2,1-2H3,(H,14,15). The molecule has 0 aliphatic rings. The number of nitrogens with one attached hydrogen (secondary N) is 1. The molecule has 0 atom stereocenters. The van der Waals surface area contributed by atoms with Crippen molar-refractivity contribution in [3.8, 4) is 5.75 Å². The lowest BCUT2D eigenvalue weighted by molar-refractivity contribution is -0.114. The Labute approximate surface area is 95.8 Å². The summed E-state index contributed by atoms with van der Waals surface area (Å²) in [6.45, 7) is 4.81. The van der Waals surface area contributed by atoms with E-state index in [0.717, 1.165) is 5.75 Å². The molecule has 1 aromatic carbocycles. The summed E-state index contributed by atoms with van der Waals surface area (Å²) < 4.78 is 5.54. The Hall–Kier alpha value is -1.55. The fraction of sp³-hybridized carbons (Fsp3) is 0.417. The molecule has 0 saturated heterocycles. The van der Waals surface area contributed by atoms with Crippen molar-refractivity contribution in [2.24, 2.45) is 11.7 Å². The van der Waals surface area contributed by atoms with Crippen molar-refractivity contribution in [3.63, 3.8) is 0 Å². The number of anilines is 1. The molecule has 0 aliphatic heterocycles. The highest BCUT2D eigenvalue weighted by molar-refractivity contribution is 5.92. The molecule has 0 aliphatic carbocycles. The van der Waals surface area contributed by atoms with E-state index < -0.39 is 0 Å². The van der Waals surface area contributed by atoms with E-state index in [2.05, 4.69) is 19.2 Å². The van der Waals surface area contributed by atoms with Crippen molar-refractivity contribution in [3.05, 3.63) is 24.3 Å². The molecule has 0 radical (unpaired) electrons. The van der Waals surface area contributed by atoms with Gasteiger partial charge in [-0.2, -0.15) is 0 Å². The number of nitrogens with two attached hydrogens (primary N) is 1. The van der Waals surface area contributed by atoms with Crippen LogP contribution in [0.4, 0.5) is 5.69 Å². The maximum absolute atomic E-state index is 11.1. The van der Waals surface area contributed by atoms with Crippen LogP contribution in [0, 0.1) is 5.92 Å². The Kier molecular flexibility index (Phi) is 4.79.